The molecule has 1 N–H and O–H groups in total. The number of benzene rings is 1. The van der Waals surface area contributed by atoms with E-state index in [4.69, 9.17) is 0 Å². The summed E-state index contributed by atoms with van der Waals surface area (Å²) in [6.07, 6.45) is 3.61. The monoisotopic (exact) mass is 357 g/mol. The number of hydrogen-bond donors (Lipinski definition) is 1. The van der Waals surface area contributed by atoms with Gasteiger partial charge in [-0.2, -0.15) is 0 Å². The molecule has 2 fully saturated rings. The quantitative estimate of drug-likeness (QED) is 0.662. The van der Waals surface area contributed by atoms with Crippen LogP contribution in [0.25, 0.3) is 0 Å². The lowest BCUT2D eigenvalue weighted by Gasteiger charge is -2.34. The van der Waals surface area contributed by atoms with E-state index in [1.807, 2.05) is 19.9 Å². The number of anilines is 1. The predicted octanol–water partition coefficient (Wildman–Crippen LogP) is 2.30. The highest BCUT2D eigenvalue weighted by Crippen LogP contribution is 2.31. The summed E-state index contributed by atoms with van der Waals surface area (Å²) in [5.41, 5.74) is 1.56. The zero-order valence-corrected chi connectivity index (χ0v) is 15.0. The molecule has 2 aliphatic rings. The molecule has 1 aromatic carbocycles. The Balaban J connectivity index is 1.70. The van der Waals surface area contributed by atoms with E-state index in [1.54, 1.807) is 18.2 Å². The number of hydrogen-bond acceptors (Lipinski definition) is 4. The highest BCUT2D eigenvalue weighted by molar-refractivity contribution is 6.45. The second kappa shape index (κ2) is 7.27. The number of urea groups is 1. The van der Waals surface area contributed by atoms with Crippen molar-refractivity contribution in [2.75, 3.05) is 11.9 Å². The van der Waals surface area contributed by atoms with Crippen LogP contribution in [0.1, 0.15) is 38.2 Å². The van der Waals surface area contributed by atoms with Crippen LogP contribution in [0.5, 0.6) is 0 Å². The lowest BCUT2D eigenvalue weighted by molar-refractivity contribution is -0.145. The fraction of sp³-hybridized carbons (Fsp3) is 0.474. The van der Waals surface area contributed by atoms with Gasteiger partial charge in [-0.05, 0) is 43.4 Å². The molecule has 7 heteroatoms. The molecule has 0 bridgehead atoms. The first kappa shape index (κ1) is 18.1. The van der Waals surface area contributed by atoms with Gasteiger partial charge < -0.3 is 5.32 Å². The molecule has 1 saturated carbocycles. The third-order valence-corrected chi connectivity index (χ3v) is 5.09. The van der Waals surface area contributed by atoms with Crippen LogP contribution in [0.2, 0.25) is 0 Å². The Kier molecular flexibility index (Phi) is 5.06. The molecule has 0 spiro atoms. The number of rotatable bonds is 4. The maximum atomic E-state index is 12.6. The minimum Gasteiger partial charge on any atom is -0.325 e. The van der Waals surface area contributed by atoms with Gasteiger partial charge in [-0.15, -0.1) is 0 Å². The van der Waals surface area contributed by atoms with Gasteiger partial charge in [-0.1, -0.05) is 31.9 Å². The van der Waals surface area contributed by atoms with Crippen LogP contribution >= 0.6 is 0 Å². The second-order valence-electron chi connectivity index (χ2n) is 7.10. The van der Waals surface area contributed by atoms with Gasteiger partial charge in [0.15, 0.2) is 0 Å². The summed E-state index contributed by atoms with van der Waals surface area (Å²) in [4.78, 5) is 51.3. The number of imide groups is 2. The molecule has 0 radical (unpaired) electrons. The van der Waals surface area contributed by atoms with E-state index in [-0.39, 0.29) is 12.0 Å². The van der Waals surface area contributed by atoms with Gasteiger partial charge in [0, 0.05) is 11.7 Å². The van der Waals surface area contributed by atoms with Crippen molar-refractivity contribution in [3.63, 3.8) is 0 Å². The Morgan fingerprint density at radius 1 is 1.15 bits per heavy atom. The maximum Gasteiger partial charge on any atom is 0.334 e. The lowest BCUT2D eigenvalue weighted by atomic mass is 9.85. The fourth-order valence-electron chi connectivity index (χ4n) is 3.70. The summed E-state index contributed by atoms with van der Waals surface area (Å²) in [6.45, 7) is 3.42. The van der Waals surface area contributed by atoms with E-state index in [0.717, 1.165) is 34.6 Å². The Labute approximate surface area is 152 Å². The number of nitrogens with one attached hydrogen (secondary N) is 1. The maximum absolute atomic E-state index is 12.6. The highest BCUT2D eigenvalue weighted by atomic mass is 16.2. The van der Waals surface area contributed by atoms with Crippen LogP contribution in [0.15, 0.2) is 24.3 Å². The van der Waals surface area contributed by atoms with Crippen molar-refractivity contribution >= 4 is 29.4 Å². The zero-order valence-electron chi connectivity index (χ0n) is 15.0. The first-order valence-corrected chi connectivity index (χ1v) is 8.94. The van der Waals surface area contributed by atoms with Gasteiger partial charge >= 0.3 is 17.8 Å². The van der Waals surface area contributed by atoms with Crippen LogP contribution in [0.4, 0.5) is 10.5 Å². The Bertz CT molecular complexity index is 761. The van der Waals surface area contributed by atoms with E-state index in [0.29, 0.717) is 12.1 Å². The Morgan fingerprint density at radius 2 is 1.88 bits per heavy atom. The van der Waals surface area contributed by atoms with Crippen molar-refractivity contribution in [3.05, 3.63) is 29.8 Å². The third kappa shape index (κ3) is 3.47. The molecule has 26 heavy (non-hydrogen) atoms. The summed E-state index contributed by atoms with van der Waals surface area (Å²) < 4.78 is 0. The van der Waals surface area contributed by atoms with Gasteiger partial charge in [0.05, 0.1) is 0 Å². The van der Waals surface area contributed by atoms with Crippen LogP contribution in [0, 0.1) is 12.8 Å². The molecule has 5 amide bonds. The van der Waals surface area contributed by atoms with Crippen molar-refractivity contribution in [1.29, 1.82) is 0 Å². The topological polar surface area (TPSA) is 86.8 Å². The molecule has 0 aromatic heterocycles. The first-order valence-electron chi connectivity index (χ1n) is 8.94. The largest absolute Gasteiger partial charge is 0.334 e. The van der Waals surface area contributed by atoms with Crippen LogP contribution in [-0.2, 0) is 14.4 Å². The zero-order chi connectivity index (χ0) is 18.8. The van der Waals surface area contributed by atoms with E-state index < -0.39 is 30.3 Å². The molecule has 1 heterocycles. The number of carbonyl (C=O) groups is 4. The number of aryl methyl sites for hydroxylation is 1. The molecular formula is C19H23N3O4. The minimum atomic E-state index is -0.924. The molecule has 1 aromatic rings. The number of nitrogens with zero attached hydrogens (tertiary/aromatic N) is 2. The highest BCUT2D eigenvalue weighted by Gasteiger charge is 2.49. The average Bonchev–Trinajstić information content (AvgIpc) is 2.79. The molecule has 138 valence electrons. The molecule has 1 saturated heterocycles. The Hall–Kier alpha value is -2.70. The van der Waals surface area contributed by atoms with Crippen molar-refractivity contribution in [2.45, 2.75) is 45.6 Å². The standard InChI is InChI=1S/C19H23N3O4/c1-12-6-5-8-14(10-12)20-16(23)11-21-17(24)18(25)22(19(21)26)15-9-4-3-7-13(15)2/h5-6,8,10,13,15H,3-4,7,9,11H2,1-2H3,(H,20,23)/t13-,15-/m1/s1. The van der Waals surface area contributed by atoms with Gasteiger partial charge in [0.2, 0.25) is 5.91 Å². The van der Waals surface area contributed by atoms with E-state index in [9.17, 15) is 19.2 Å². The van der Waals surface area contributed by atoms with Gasteiger partial charge in [-0.3, -0.25) is 19.3 Å². The smallest absolute Gasteiger partial charge is 0.325 e. The van der Waals surface area contributed by atoms with Crippen molar-refractivity contribution in [2.24, 2.45) is 5.92 Å². The summed E-state index contributed by atoms with van der Waals surface area (Å²) in [7, 11) is 0. The number of carbonyl (C=O) groups excluding carboxylic acids is 4. The second-order valence-corrected chi connectivity index (χ2v) is 7.10. The number of amides is 5. The summed E-state index contributed by atoms with van der Waals surface area (Å²) in [5.74, 6) is -2.10. The van der Waals surface area contributed by atoms with Gasteiger partial charge in [0.25, 0.3) is 0 Å². The predicted molar refractivity (Wildman–Crippen MR) is 95.2 cm³/mol. The minimum absolute atomic E-state index is 0.158. The van der Waals surface area contributed by atoms with E-state index in [1.165, 1.54) is 0 Å². The van der Waals surface area contributed by atoms with E-state index in [2.05, 4.69) is 5.32 Å². The molecular weight excluding hydrogens is 334 g/mol. The van der Waals surface area contributed by atoms with E-state index >= 15 is 0 Å². The fourth-order valence-corrected chi connectivity index (χ4v) is 3.70. The molecule has 2 atom stereocenters. The first-order chi connectivity index (χ1) is 12.4. The molecule has 1 aliphatic heterocycles. The normalized spacial score (nSPS) is 23.5. The van der Waals surface area contributed by atoms with Crippen LogP contribution in [0.3, 0.4) is 0 Å². The van der Waals surface area contributed by atoms with Crippen molar-refractivity contribution in [1.82, 2.24) is 9.80 Å². The van der Waals surface area contributed by atoms with Crippen molar-refractivity contribution < 1.29 is 19.2 Å². The third-order valence-electron chi connectivity index (χ3n) is 5.09. The van der Waals surface area contributed by atoms with Gasteiger partial charge in [-0.25, -0.2) is 9.69 Å². The summed E-state index contributed by atoms with van der Waals surface area (Å²) in [5, 5.41) is 2.65. The van der Waals surface area contributed by atoms with Gasteiger partial charge in [0.1, 0.15) is 6.54 Å². The van der Waals surface area contributed by atoms with Crippen LogP contribution < -0.4 is 5.32 Å². The van der Waals surface area contributed by atoms with Crippen LogP contribution in [-0.4, -0.2) is 46.1 Å². The molecule has 0 unspecified atom stereocenters. The SMILES string of the molecule is Cc1cccc(NC(=O)CN2C(=O)C(=O)N([C@@H]3CCCC[C@H]3C)C2=O)c1. The van der Waals surface area contributed by atoms with Crippen molar-refractivity contribution in [3.8, 4) is 0 Å². The summed E-state index contributed by atoms with van der Waals surface area (Å²) >= 11 is 0. The molecule has 1 aliphatic carbocycles. The lowest BCUT2D eigenvalue weighted by Crippen LogP contribution is -2.46. The Morgan fingerprint density at radius 3 is 2.58 bits per heavy atom. The molecule has 7 nitrogen and oxygen atoms in total. The average molecular weight is 357 g/mol. The molecule has 3 rings (SSSR count). The summed E-state index contributed by atoms with van der Waals surface area (Å²) in [6, 6.07) is 6.25.